The van der Waals surface area contributed by atoms with Crippen molar-refractivity contribution in [2.75, 3.05) is 32.8 Å². The Morgan fingerprint density at radius 1 is 1.12 bits per heavy atom. The van der Waals surface area contributed by atoms with Gasteiger partial charge in [0.25, 0.3) is 5.91 Å². The molecule has 0 aliphatic carbocycles. The molecule has 2 aliphatic rings. The van der Waals surface area contributed by atoms with Gasteiger partial charge in [0.15, 0.2) is 0 Å². The molecule has 3 heterocycles. The SMILES string of the molecule is O=C([C@H]1CCCO1)N1CCN(Cc2ccc3ccccc3n2)CC1. The highest BCUT2D eigenvalue weighted by Crippen LogP contribution is 2.17. The number of para-hydroxylation sites is 1. The Hall–Kier alpha value is -1.98. The lowest BCUT2D eigenvalue weighted by atomic mass is 10.2. The molecule has 5 heteroatoms. The summed E-state index contributed by atoms with van der Waals surface area (Å²) in [6.45, 7) is 4.93. The van der Waals surface area contributed by atoms with Crippen molar-refractivity contribution < 1.29 is 9.53 Å². The zero-order chi connectivity index (χ0) is 16.4. The zero-order valence-corrected chi connectivity index (χ0v) is 13.9. The fourth-order valence-electron chi connectivity index (χ4n) is 3.53. The molecule has 4 rings (SSSR count). The van der Waals surface area contributed by atoms with Crippen molar-refractivity contribution in [3.05, 3.63) is 42.1 Å². The first kappa shape index (κ1) is 15.5. The minimum atomic E-state index is -0.196. The van der Waals surface area contributed by atoms with Crippen LogP contribution in [-0.4, -0.2) is 59.6 Å². The molecule has 2 aromatic rings. The van der Waals surface area contributed by atoms with Crippen LogP contribution in [0.4, 0.5) is 0 Å². The second kappa shape index (κ2) is 6.87. The lowest BCUT2D eigenvalue weighted by molar-refractivity contribution is -0.142. The van der Waals surface area contributed by atoms with Crippen LogP contribution in [0.25, 0.3) is 10.9 Å². The van der Waals surface area contributed by atoms with Gasteiger partial charge in [-0.25, -0.2) is 0 Å². The van der Waals surface area contributed by atoms with Gasteiger partial charge in [0.2, 0.25) is 0 Å². The quantitative estimate of drug-likeness (QED) is 0.866. The normalized spacial score (nSPS) is 22.2. The predicted molar refractivity (Wildman–Crippen MR) is 92.6 cm³/mol. The highest BCUT2D eigenvalue weighted by Gasteiger charge is 2.30. The molecule has 0 N–H and O–H groups in total. The number of fused-ring (bicyclic) bond motifs is 1. The number of benzene rings is 1. The van der Waals surface area contributed by atoms with Gasteiger partial charge in [0.1, 0.15) is 6.10 Å². The smallest absolute Gasteiger partial charge is 0.251 e. The van der Waals surface area contributed by atoms with Crippen LogP contribution in [0.2, 0.25) is 0 Å². The summed E-state index contributed by atoms with van der Waals surface area (Å²) in [6.07, 6.45) is 1.68. The van der Waals surface area contributed by atoms with Gasteiger partial charge in [-0.2, -0.15) is 0 Å². The fraction of sp³-hybridized carbons (Fsp3) is 0.474. The van der Waals surface area contributed by atoms with Crippen molar-refractivity contribution in [2.45, 2.75) is 25.5 Å². The van der Waals surface area contributed by atoms with E-state index in [1.165, 1.54) is 5.39 Å². The van der Waals surface area contributed by atoms with Gasteiger partial charge < -0.3 is 9.64 Å². The topological polar surface area (TPSA) is 45.7 Å². The summed E-state index contributed by atoms with van der Waals surface area (Å²) in [5.41, 5.74) is 2.13. The van der Waals surface area contributed by atoms with Crippen LogP contribution < -0.4 is 0 Å². The first-order chi connectivity index (χ1) is 11.8. The lowest BCUT2D eigenvalue weighted by Crippen LogP contribution is -2.51. The minimum absolute atomic E-state index is 0.177. The number of nitrogens with zero attached hydrogens (tertiary/aromatic N) is 3. The molecule has 1 aromatic carbocycles. The molecule has 0 spiro atoms. The van der Waals surface area contributed by atoms with E-state index in [0.717, 1.165) is 63.4 Å². The number of rotatable bonds is 3. The second-order valence-corrected chi connectivity index (χ2v) is 6.60. The third-order valence-electron chi connectivity index (χ3n) is 4.93. The zero-order valence-electron chi connectivity index (χ0n) is 13.9. The molecule has 0 saturated carbocycles. The van der Waals surface area contributed by atoms with Gasteiger partial charge in [-0.3, -0.25) is 14.7 Å². The van der Waals surface area contributed by atoms with Crippen molar-refractivity contribution in [3.63, 3.8) is 0 Å². The van der Waals surface area contributed by atoms with Crippen LogP contribution in [0.15, 0.2) is 36.4 Å². The molecule has 1 amide bonds. The molecule has 2 fully saturated rings. The Morgan fingerprint density at radius 3 is 2.75 bits per heavy atom. The Kier molecular flexibility index (Phi) is 4.45. The van der Waals surface area contributed by atoms with Crippen molar-refractivity contribution >= 4 is 16.8 Å². The third-order valence-corrected chi connectivity index (χ3v) is 4.93. The molecule has 1 atom stereocenters. The molecule has 24 heavy (non-hydrogen) atoms. The highest BCUT2D eigenvalue weighted by atomic mass is 16.5. The van der Waals surface area contributed by atoms with E-state index in [4.69, 9.17) is 9.72 Å². The summed E-state index contributed by atoms with van der Waals surface area (Å²) in [5, 5.41) is 1.17. The first-order valence-electron chi connectivity index (χ1n) is 8.77. The summed E-state index contributed by atoms with van der Waals surface area (Å²) < 4.78 is 5.52. The van der Waals surface area contributed by atoms with E-state index < -0.39 is 0 Å². The van der Waals surface area contributed by atoms with E-state index in [1.807, 2.05) is 17.0 Å². The molecule has 0 radical (unpaired) electrons. The molecule has 2 aliphatic heterocycles. The molecule has 126 valence electrons. The Bertz CT molecular complexity index is 719. The van der Waals surface area contributed by atoms with Crippen molar-refractivity contribution in [1.82, 2.24) is 14.8 Å². The highest BCUT2D eigenvalue weighted by molar-refractivity contribution is 5.81. The Morgan fingerprint density at radius 2 is 1.96 bits per heavy atom. The number of hydrogen-bond donors (Lipinski definition) is 0. The number of amides is 1. The van der Waals surface area contributed by atoms with Crippen molar-refractivity contribution in [2.24, 2.45) is 0 Å². The average molecular weight is 325 g/mol. The van der Waals surface area contributed by atoms with Crippen molar-refractivity contribution in [1.29, 1.82) is 0 Å². The second-order valence-electron chi connectivity index (χ2n) is 6.60. The maximum Gasteiger partial charge on any atom is 0.251 e. The number of ether oxygens (including phenoxy) is 1. The number of piperazine rings is 1. The Balaban J connectivity index is 1.34. The molecule has 5 nitrogen and oxygen atoms in total. The summed E-state index contributed by atoms with van der Waals surface area (Å²) in [7, 11) is 0. The standard InChI is InChI=1S/C19H23N3O2/c23-19(18-6-3-13-24-18)22-11-9-21(10-12-22)14-16-8-7-15-4-1-2-5-17(15)20-16/h1-2,4-5,7-8,18H,3,6,9-14H2/t18-/m1/s1. The number of carbonyl (C=O) groups is 1. The van der Waals surface area contributed by atoms with Crippen LogP contribution in [0, 0.1) is 0 Å². The van der Waals surface area contributed by atoms with E-state index in [9.17, 15) is 4.79 Å². The van der Waals surface area contributed by atoms with Crippen LogP contribution in [-0.2, 0) is 16.1 Å². The number of aromatic nitrogens is 1. The van der Waals surface area contributed by atoms with Crippen LogP contribution >= 0.6 is 0 Å². The lowest BCUT2D eigenvalue weighted by Gasteiger charge is -2.35. The van der Waals surface area contributed by atoms with Crippen LogP contribution in [0.1, 0.15) is 18.5 Å². The monoisotopic (exact) mass is 325 g/mol. The van der Waals surface area contributed by atoms with E-state index in [-0.39, 0.29) is 12.0 Å². The van der Waals surface area contributed by atoms with Gasteiger partial charge in [0.05, 0.1) is 11.2 Å². The molecule has 0 bridgehead atoms. The van der Waals surface area contributed by atoms with Gasteiger partial charge in [-0.15, -0.1) is 0 Å². The van der Waals surface area contributed by atoms with E-state index in [0.29, 0.717) is 0 Å². The van der Waals surface area contributed by atoms with E-state index >= 15 is 0 Å². The maximum atomic E-state index is 12.4. The molecule has 2 saturated heterocycles. The minimum Gasteiger partial charge on any atom is -0.368 e. The van der Waals surface area contributed by atoms with Crippen LogP contribution in [0.3, 0.4) is 0 Å². The molecular formula is C19H23N3O2. The van der Waals surface area contributed by atoms with Gasteiger partial charge in [-0.1, -0.05) is 24.3 Å². The van der Waals surface area contributed by atoms with Crippen molar-refractivity contribution in [3.8, 4) is 0 Å². The maximum absolute atomic E-state index is 12.4. The first-order valence-corrected chi connectivity index (χ1v) is 8.77. The summed E-state index contributed by atoms with van der Waals surface area (Å²) in [5.74, 6) is 0.177. The number of hydrogen-bond acceptors (Lipinski definition) is 4. The van der Waals surface area contributed by atoms with Gasteiger partial charge >= 0.3 is 0 Å². The van der Waals surface area contributed by atoms with Gasteiger partial charge in [0, 0.05) is 44.7 Å². The summed E-state index contributed by atoms with van der Waals surface area (Å²) in [6, 6.07) is 12.4. The van der Waals surface area contributed by atoms with Gasteiger partial charge in [-0.05, 0) is 25.0 Å². The number of pyridine rings is 1. The van der Waals surface area contributed by atoms with E-state index in [2.05, 4.69) is 29.2 Å². The summed E-state index contributed by atoms with van der Waals surface area (Å²) >= 11 is 0. The number of carbonyl (C=O) groups excluding carboxylic acids is 1. The Labute approximate surface area is 142 Å². The molecular weight excluding hydrogens is 302 g/mol. The largest absolute Gasteiger partial charge is 0.368 e. The third kappa shape index (κ3) is 3.28. The van der Waals surface area contributed by atoms with E-state index in [1.54, 1.807) is 0 Å². The predicted octanol–water partition coefficient (Wildman–Crippen LogP) is 2.06. The average Bonchev–Trinajstić information content (AvgIpc) is 3.16. The fourth-order valence-corrected chi connectivity index (χ4v) is 3.53. The summed E-state index contributed by atoms with van der Waals surface area (Å²) in [4.78, 5) is 21.5. The van der Waals surface area contributed by atoms with Crippen LogP contribution in [0.5, 0.6) is 0 Å². The molecule has 0 unspecified atom stereocenters. The molecule has 1 aromatic heterocycles.